The highest BCUT2D eigenvalue weighted by Gasteiger charge is 2.36. The van der Waals surface area contributed by atoms with Crippen molar-refractivity contribution in [2.75, 3.05) is 6.61 Å². The van der Waals surface area contributed by atoms with Gasteiger partial charge in [0.05, 0.1) is 12.7 Å². The molecule has 1 aliphatic rings. The van der Waals surface area contributed by atoms with Crippen molar-refractivity contribution in [3.8, 4) is 0 Å². The fourth-order valence-electron chi connectivity index (χ4n) is 1.10. The Morgan fingerprint density at radius 1 is 1.50 bits per heavy atom. The lowest BCUT2D eigenvalue weighted by molar-refractivity contribution is -0.271. The average molecular weight is 176 g/mol. The highest BCUT2D eigenvalue weighted by molar-refractivity contribution is 4.75. The topological polar surface area (TPSA) is 58.9 Å². The molecule has 1 rings (SSSR count). The molecule has 4 nitrogen and oxygen atoms in total. The van der Waals surface area contributed by atoms with E-state index in [-0.39, 0.29) is 12.5 Å². The summed E-state index contributed by atoms with van der Waals surface area (Å²) >= 11 is 0. The molecule has 72 valence electrons. The number of rotatable bonds is 2. The van der Waals surface area contributed by atoms with Gasteiger partial charge in [-0.3, -0.25) is 0 Å². The molecule has 1 saturated heterocycles. The van der Waals surface area contributed by atoms with Gasteiger partial charge in [0.2, 0.25) is 0 Å². The molecule has 0 bridgehead atoms. The monoisotopic (exact) mass is 176 g/mol. The SMILES string of the molecule is CC1C(OC(C)(C)O)OC[C@@H]1O. The standard InChI is InChI=1S/C8H16O4/c1-5-6(9)4-11-7(5)12-8(2,3)10/h5-7,9-10H,4H2,1-3H3/t5?,6-,7?/m0/s1. The Kier molecular flexibility index (Phi) is 2.73. The molecule has 0 spiro atoms. The van der Waals surface area contributed by atoms with Crippen LogP contribution in [0.15, 0.2) is 0 Å². The maximum Gasteiger partial charge on any atom is 0.166 e. The number of aliphatic hydroxyl groups excluding tert-OH is 1. The van der Waals surface area contributed by atoms with Crippen LogP contribution in [0.2, 0.25) is 0 Å². The van der Waals surface area contributed by atoms with Crippen LogP contribution < -0.4 is 0 Å². The van der Waals surface area contributed by atoms with Crippen molar-refractivity contribution < 1.29 is 19.7 Å². The van der Waals surface area contributed by atoms with E-state index in [1.54, 1.807) is 0 Å². The van der Waals surface area contributed by atoms with Gasteiger partial charge in [0, 0.05) is 5.92 Å². The molecule has 0 aromatic carbocycles. The third kappa shape index (κ3) is 2.42. The van der Waals surface area contributed by atoms with Crippen LogP contribution in [-0.2, 0) is 9.47 Å². The molecule has 1 heterocycles. The quantitative estimate of drug-likeness (QED) is 0.585. The third-order valence-corrected chi connectivity index (χ3v) is 1.87. The lowest BCUT2D eigenvalue weighted by atomic mass is 10.1. The molecule has 3 atom stereocenters. The van der Waals surface area contributed by atoms with Gasteiger partial charge in [-0.15, -0.1) is 0 Å². The minimum Gasteiger partial charge on any atom is -0.390 e. The molecular weight excluding hydrogens is 160 g/mol. The summed E-state index contributed by atoms with van der Waals surface area (Å²) in [6.45, 7) is 5.18. The zero-order valence-electron chi connectivity index (χ0n) is 7.65. The van der Waals surface area contributed by atoms with Crippen LogP contribution in [0.25, 0.3) is 0 Å². The number of hydrogen-bond donors (Lipinski definition) is 2. The zero-order chi connectivity index (χ0) is 9.35. The number of hydrogen-bond acceptors (Lipinski definition) is 4. The van der Waals surface area contributed by atoms with E-state index in [2.05, 4.69) is 0 Å². The van der Waals surface area contributed by atoms with E-state index in [9.17, 15) is 10.2 Å². The second-order valence-electron chi connectivity index (χ2n) is 3.69. The lowest BCUT2D eigenvalue weighted by Crippen LogP contribution is -2.33. The summed E-state index contributed by atoms with van der Waals surface area (Å²) in [5.74, 6) is -1.29. The maximum atomic E-state index is 9.30. The number of ether oxygens (including phenoxy) is 2. The fraction of sp³-hybridized carbons (Fsp3) is 1.00. The first kappa shape index (κ1) is 9.92. The van der Waals surface area contributed by atoms with Crippen molar-refractivity contribution in [3.63, 3.8) is 0 Å². The smallest absolute Gasteiger partial charge is 0.166 e. The summed E-state index contributed by atoms with van der Waals surface area (Å²) in [5, 5.41) is 18.6. The van der Waals surface area contributed by atoms with Crippen LogP contribution in [0, 0.1) is 5.92 Å². The minimum absolute atomic E-state index is 0.0866. The van der Waals surface area contributed by atoms with Crippen molar-refractivity contribution in [2.24, 2.45) is 5.92 Å². The molecule has 0 aliphatic carbocycles. The molecule has 2 unspecified atom stereocenters. The second-order valence-corrected chi connectivity index (χ2v) is 3.69. The summed E-state index contributed by atoms with van der Waals surface area (Å²) in [5.41, 5.74) is 0. The van der Waals surface area contributed by atoms with Crippen LogP contribution in [0.3, 0.4) is 0 Å². The van der Waals surface area contributed by atoms with E-state index in [1.165, 1.54) is 13.8 Å². The van der Waals surface area contributed by atoms with Crippen molar-refractivity contribution in [2.45, 2.75) is 39.0 Å². The van der Waals surface area contributed by atoms with Crippen LogP contribution in [0.4, 0.5) is 0 Å². The predicted octanol–water partition coefficient (Wildman–Crippen LogP) is 0.0847. The molecule has 0 saturated carbocycles. The Bertz CT molecular complexity index is 152. The van der Waals surface area contributed by atoms with Gasteiger partial charge in [0.25, 0.3) is 0 Å². The molecule has 0 aromatic rings. The molecule has 2 N–H and O–H groups in total. The van der Waals surface area contributed by atoms with Crippen LogP contribution in [0.5, 0.6) is 0 Å². The van der Waals surface area contributed by atoms with Crippen molar-refractivity contribution in [3.05, 3.63) is 0 Å². The predicted molar refractivity (Wildman–Crippen MR) is 42.3 cm³/mol. The van der Waals surface area contributed by atoms with E-state index in [0.29, 0.717) is 0 Å². The van der Waals surface area contributed by atoms with Crippen molar-refractivity contribution >= 4 is 0 Å². The summed E-state index contributed by atoms with van der Waals surface area (Å²) in [6.07, 6.45) is -0.989. The fourth-order valence-corrected chi connectivity index (χ4v) is 1.10. The molecule has 1 fully saturated rings. The van der Waals surface area contributed by atoms with Gasteiger partial charge in [-0.2, -0.15) is 0 Å². The first-order valence-corrected chi connectivity index (χ1v) is 4.10. The van der Waals surface area contributed by atoms with Gasteiger partial charge in [0.15, 0.2) is 12.1 Å². The molecule has 0 radical (unpaired) electrons. The van der Waals surface area contributed by atoms with Gasteiger partial charge in [0.1, 0.15) is 0 Å². The van der Waals surface area contributed by atoms with Crippen LogP contribution >= 0.6 is 0 Å². The van der Waals surface area contributed by atoms with E-state index < -0.39 is 18.2 Å². The first-order valence-electron chi connectivity index (χ1n) is 4.10. The van der Waals surface area contributed by atoms with Crippen LogP contribution in [0.1, 0.15) is 20.8 Å². The van der Waals surface area contributed by atoms with Gasteiger partial charge in [-0.1, -0.05) is 6.92 Å². The normalized spacial score (nSPS) is 37.2. The number of aliphatic hydroxyl groups is 2. The molecule has 1 aliphatic heterocycles. The lowest BCUT2D eigenvalue weighted by Gasteiger charge is -2.25. The van der Waals surface area contributed by atoms with E-state index >= 15 is 0 Å². The Hall–Kier alpha value is -0.160. The van der Waals surface area contributed by atoms with Crippen molar-refractivity contribution in [1.82, 2.24) is 0 Å². The Balaban J connectivity index is 2.44. The van der Waals surface area contributed by atoms with E-state index in [0.717, 1.165) is 0 Å². The van der Waals surface area contributed by atoms with E-state index in [1.807, 2.05) is 6.92 Å². The molecule has 4 heteroatoms. The highest BCUT2D eigenvalue weighted by atomic mass is 16.7. The first-order chi connectivity index (χ1) is 5.40. The van der Waals surface area contributed by atoms with Gasteiger partial charge >= 0.3 is 0 Å². The van der Waals surface area contributed by atoms with E-state index in [4.69, 9.17) is 9.47 Å². The largest absolute Gasteiger partial charge is 0.390 e. The molecule has 0 amide bonds. The van der Waals surface area contributed by atoms with Gasteiger partial charge < -0.3 is 19.7 Å². The minimum atomic E-state index is -1.21. The summed E-state index contributed by atoms with van der Waals surface area (Å²) in [7, 11) is 0. The summed E-state index contributed by atoms with van der Waals surface area (Å²) in [6, 6.07) is 0. The van der Waals surface area contributed by atoms with Crippen molar-refractivity contribution in [1.29, 1.82) is 0 Å². The summed E-state index contributed by atoms with van der Waals surface area (Å²) < 4.78 is 10.3. The molecule has 0 aromatic heterocycles. The summed E-state index contributed by atoms with van der Waals surface area (Å²) in [4.78, 5) is 0. The second kappa shape index (κ2) is 3.30. The Morgan fingerprint density at radius 3 is 2.42 bits per heavy atom. The average Bonchev–Trinajstić information content (AvgIpc) is 2.16. The highest BCUT2D eigenvalue weighted by Crippen LogP contribution is 2.24. The maximum absolute atomic E-state index is 9.30. The van der Waals surface area contributed by atoms with Crippen LogP contribution in [-0.4, -0.2) is 35.0 Å². The molecular formula is C8H16O4. The van der Waals surface area contributed by atoms with Gasteiger partial charge in [-0.25, -0.2) is 0 Å². The zero-order valence-corrected chi connectivity index (χ0v) is 7.65. The Morgan fingerprint density at radius 2 is 2.08 bits per heavy atom. The third-order valence-electron chi connectivity index (χ3n) is 1.87. The Labute approximate surface area is 72.1 Å². The molecule has 12 heavy (non-hydrogen) atoms. The van der Waals surface area contributed by atoms with Gasteiger partial charge in [-0.05, 0) is 13.8 Å².